The van der Waals surface area contributed by atoms with Gasteiger partial charge in [-0.3, -0.25) is 4.90 Å². The highest BCUT2D eigenvalue weighted by Crippen LogP contribution is 2.37. The number of nitrogens with two attached hydrogens (primary N) is 1. The van der Waals surface area contributed by atoms with Crippen molar-refractivity contribution in [1.82, 2.24) is 4.90 Å². The summed E-state index contributed by atoms with van der Waals surface area (Å²) < 4.78 is 44.2. The number of alkyl halides is 3. The van der Waals surface area contributed by atoms with E-state index in [1.807, 2.05) is 12.1 Å². The molecule has 0 bridgehead atoms. The molecule has 1 saturated heterocycles. The third-order valence-corrected chi connectivity index (χ3v) is 6.47. The Labute approximate surface area is 197 Å². The second-order valence-corrected chi connectivity index (χ2v) is 8.98. The van der Waals surface area contributed by atoms with Crippen LogP contribution in [0.5, 0.6) is 0 Å². The normalized spacial score (nSPS) is 18.6. The second-order valence-electron chi connectivity index (χ2n) is 8.61. The number of hydrogen-bond acceptors (Lipinski definition) is 5. The summed E-state index contributed by atoms with van der Waals surface area (Å²) in [6.07, 6.45) is 0.875. The van der Waals surface area contributed by atoms with Crippen molar-refractivity contribution in [3.05, 3.63) is 53.1 Å². The molecule has 0 amide bonds. The Morgan fingerprint density at radius 1 is 1.12 bits per heavy atom. The van der Waals surface area contributed by atoms with Crippen LogP contribution in [0.4, 0.5) is 30.2 Å². The van der Waals surface area contributed by atoms with E-state index in [0.717, 1.165) is 67.8 Å². The van der Waals surface area contributed by atoms with Crippen molar-refractivity contribution in [3.8, 4) is 0 Å². The summed E-state index contributed by atoms with van der Waals surface area (Å²) in [6.45, 7) is 3.63. The zero-order valence-electron chi connectivity index (χ0n) is 18.4. The van der Waals surface area contributed by atoms with Crippen LogP contribution < -0.4 is 16.4 Å². The molecule has 0 spiro atoms. The number of halogens is 3. The van der Waals surface area contributed by atoms with Gasteiger partial charge in [-0.2, -0.15) is 13.2 Å². The number of aryl methyl sites for hydroxylation is 1. The fraction of sp³-hybridized carbons (Fsp3) is 0.458. The van der Waals surface area contributed by atoms with Gasteiger partial charge in [-0.25, -0.2) is 0 Å². The number of nitrogen functional groups attached to an aromatic ring is 1. The second kappa shape index (κ2) is 10.2. The highest BCUT2D eigenvalue weighted by molar-refractivity contribution is 7.80. The molecule has 1 heterocycles. The largest absolute Gasteiger partial charge is 0.469 e. The van der Waals surface area contributed by atoms with E-state index in [2.05, 4.69) is 15.5 Å². The van der Waals surface area contributed by atoms with E-state index in [4.69, 9.17) is 22.7 Å². The summed E-state index contributed by atoms with van der Waals surface area (Å²) in [7, 11) is 0. The molecule has 0 saturated carbocycles. The Morgan fingerprint density at radius 2 is 1.85 bits per heavy atom. The maximum atomic E-state index is 12.8. The van der Waals surface area contributed by atoms with Crippen molar-refractivity contribution in [2.45, 2.75) is 44.3 Å². The van der Waals surface area contributed by atoms with Gasteiger partial charge in [-0.1, -0.05) is 0 Å². The van der Waals surface area contributed by atoms with Crippen LogP contribution in [-0.4, -0.2) is 36.3 Å². The number of anilines is 3. The van der Waals surface area contributed by atoms with Crippen molar-refractivity contribution in [1.29, 1.82) is 0 Å². The first kappa shape index (κ1) is 23.6. The number of benzene rings is 2. The quantitative estimate of drug-likeness (QED) is 0.372. The van der Waals surface area contributed by atoms with Crippen LogP contribution in [0.2, 0.25) is 0 Å². The smallest absolute Gasteiger partial charge is 0.416 e. The zero-order chi connectivity index (χ0) is 23.4. The van der Waals surface area contributed by atoms with Crippen LogP contribution in [0.15, 0.2) is 36.4 Å². The summed E-state index contributed by atoms with van der Waals surface area (Å²) >= 11 is 5.34. The molecule has 0 aromatic heterocycles. The standard InChI is InChI=1S/C24H29F3N4OS/c25-24(26,27)17-6-8-18(9-7-17)29-21-5-3-4-16-14-22(20(28)15-19(16)21)30-23(33)32-13-12-31-10-1-2-11-31/h6-9,14-15,21,29H,1-5,10-13,28H2,(H,30,33). The van der Waals surface area contributed by atoms with Gasteiger partial charge < -0.3 is 21.1 Å². The van der Waals surface area contributed by atoms with Crippen LogP contribution in [-0.2, 0) is 17.3 Å². The van der Waals surface area contributed by atoms with Crippen LogP contribution in [0.3, 0.4) is 0 Å². The first-order valence-electron chi connectivity index (χ1n) is 11.3. The summed E-state index contributed by atoms with van der Waals surface area (Å²) in [5.74, 6) is 0. The van der Waals surface area contributed by atoms with Crippen molar-refractivity contribution in [2.24, 2.45) is 0 Å². The van der Waals surface area contributed by atoms with Crippen molar-refractivity contribution in [3.63, 3.8) is 0 Å². The molecule has 1 fully saturated rings. The average Bonchev–Trinajstić information content (AvgIpc) is 3.28. The molecule has 178 valence electrons. The molecule has 33 heavy (non-hydrogen) atoms. The van der Waals surface area contributed by atoms with E-state index >= 15 is 0 Å². The molecule has 5 nitrogen and oxygen atoms in total. The van der Waals surface area contributed by atoms with Crippen LogP contribution >= 0.6 is 12.2 Å². The maximum Gasteiger partial charge on any atom is 0.416 e. The van der Waals surface area contributed by atoms with Crippen LogP contribution in [0, 0.1) is 0 Å². The molecule has 1 unspecified atom stereocenters. The molecule has 9 heteroatoms. The molecule has 1 atom stereocenters. The van der Waals surface area contributed by atoms with Gasteiger partial charge in [0, 0.05) is 12.2 Å². The van der Waals surface area contributed by atoms with E-state index in [0.29, 0.717) is 23.2 Å². The van der Waals surface area contributed by atoms with Crippen LogP contribution in [0.1, 0.15) is 48.4 Å². The summed E-state index contributed by atoms with van der Waals surface area (Å²) in [5.41, 5.74) is 9.77. The van der Waals surface area contributed by atoms with Gasteiger partial charge in [-0.15, -0.1) is 0 Å². The molecule has 0 radical (unpaired) electrons. The number of ether oxygens (including phenoxy) is 1. The number of nitrogens with one attached hydrogen (secondary N) is 2. The molecular weight excluding hydrogens is 449 g/mol. The van der Waals surface area contributed by atoms with E-state index in [-0.39, 0.29) is 6.04 Å². The maximum absolute atomic E-state index is 12.8. The molecule has 1 aliphatic heterocycles. The molecule has 4 rings (SSSR count). The minimum Gasteiger partial charge on any atom is -0.469 e. The Bertz CT molecular complexity index is 975. The Morgan fingerprint density at radius 3 is 2.55 bits per heavy atom. The highest BCUT2D eigenvalue weighted by atomic mass is 32.1. The number of fused-ring (bicyclic) bond motifs is 1. The molecule has 2 aliphatic rings. The van der Waals surface area contributed by atoms with Gasteiger partial charge in [0.25, 0.3) is 5.17 Å². The van der Waals surface area contributed by atoms with Crippen LogP contribution in [0.25, 0.3) is 0 Å². The number of thiocarbonyl (C=S) groups is 1. The Hall–Kier alpha value is -2.52. The SMILES string of the molecule is Nc1cc2c(cc1NC(=S)OCCN1CCCC1)CCCC2Nc1ccc(C(F)(F)F)cc1. The lowest BCUT2D eigenvalue weighted by Crippen LogP contribution is -2.26. The molecule has 2 aromatic carbocycles. The van der Waals surface area contributed by atoms with E-state index < -0.39 is 11.7 Å². The van der Waals surface area contributed by atoms with Gasteiger partial charge in [-0.05, 0) is 105 Å². The minimum absolute atomic E-state index is 0.0227. The number of rotatable bonds is 6. The van der Waals surface area contributed by atoms with Crippen molar-refractivity contribution >= 4 is 34.5 Å². The Balaban J connectivity index is 1.39. The Kier molecular flexibility index (Phi) is 7.29. The number of likely N-dealkylation sites (tertiary alicyclic amines) is 1. The summed E-state index contributed by atoms with van der Waals surface area (Å²) in [5, 5.41) is 6.77. The monoisotopic (exact) mass is 478 g/mol. The predicted molar refractivity (Wildman–Crippen MR) is 129 cm³/mol. The number of nitrogens with zero attached hydrogens (tertiary/aromatic N) is 1. The first-order valence-corrected chi connectivity index (χ1v) is 11.7. The van der Waals surface area contributed by atoms with Gasteiger partial charge in [0.1, 0.15) is 6.61 Å². The topological polar surface area (TPSA) is 62.6 Å². The fourth-order valence-electron chi connectivity index (χ4n) is 4.51. The van der Waals surface area contributed by atoms with E-state index in [9.17, 15) is 13.2 Å². The lowest BCUT2D eigenvalue weighted by Gasteiger charge is -2.28. The molecular formula is C24H29F3N4OS. The lowest BCUT2D eigenvalue weighted by atomic mass is 9.86. The third-order valence-electron chi connectivity index (χ3n) is 6.25. The minimum atomic E-state index is -4.34. The van der Waals surface area contributed by atoms with Gasteiger partial charge in [0.15, 0.2) is 0 Å². The average molecular weight is 479 g/mol. The van der Waals surface area contributed by atoms with Gasteiger partial charge >= 0.3 is 6.18 Å². The number of hydrogen-bond donors (Lipinski definition) is 3. The summed E-state index contributed by atoms with van der Waals surface area (Å²) in [6, 6.07) is 9.02. The highest BCUT2D eigenvalue weighted by Gasteiger charge is 2.30. The third kappa shape index (κ3) is 6.09. The lowest BCUT2D eigenvalue weighted by molar-refractivity contribution is -0.137. The fourth-order valence-corrected chi connectivity index (χ4v) is 4.70. The molecule has 1 aliphatic carbocycles. The molecule has 2 aromatic rings. The summed E-state index contributed by atoms with van der Waals surface area (Å²) in [4.78, 5) is 2.36. The van der Waals surface area contributed by atoms with Crippen molar-refractivity contribution in [2.75, 3.05) is 42.6 Å². The molecule has 4 N–H and O–H groups in total. The zero-order valence-corrected chi connectivity index (χ0v) is 19.2. The predicted octanol–water partition coefficient (Wildman–Crippen LogP) is 5.59. The van der Waals surface area contributed by atoms with E-state index in [1.54, 1.807) is 0 Å². The van der Waals surface area contributed by atoms with E-state index in [1.165, 1.54) is 25.0 Å². The van der Waals surface area contributed by atoms with Gasteiger partial charge in [0.2, 0.25) is 0 Å². The first-order chi connectivity index (χ1) is 15.8. The van der Waals surface area contributed by atoms with Gasteiger partial charge in [0.05, 0.1) is 23.0 Å². The van der Waals surface area contributed by atoms with Crippen molar-refractivity contribution < 1.29 is 17.9 Å².